The SMILES string of the molecule is CN=C(NCc1ccccc1Oc1ccccc1F)NC1CCN(c2ccccn2)CC1.I. The lowest BCUT2D eigenvalue weighted by Gasteiger charge is -2.33. The molecule has 174 valence electrons. The van der Waals surface area contributed by atoms with Gasteiger partial charge < -0.3 is 20.3 Å². The van der Waals surface area contributed by atoms with E-state index in [-0.39, 0.29) is 35.5 Å². The predicted octanol–water partition coefficient (Wildman–Crippen LogP) is 4.97. The van der Waals surface area contributed by atoms with Gasteiger partial charge in [-0.1, -0.05) is 36.4 Å². The molecule has 2 aromatic carbocycles. The van der Waals surface area contributed by atoms with Crippen LogP contribution in [0.3, 0.4) is 0 Å². The molecule has 1 fully saturated rings. The molecule has 0 bridgehead atoms. The fraction of sp³-hybridized carbons (Fsp3) is 0.280. The Balaban J connectivity index is 0.00000306. The number of halogens is 2. The van der Waals surface area contributed by atoms with Crippen molar-refractivity contribution < 1.29 is 9.13 Å². The second-order valence-electron chi connectivity index (χ2n) is 7.66. The van der Waals surface area contributed by atoms with Crippen LogP contribution < -0.4 is 20.3 Å². The van der Waals surface area contributed by atoms with Crippen LogP contribution in [0, 0.1) is 5.82 Å². The molecule has 0 radical (unpaired) electrons. The summed E-state index contributed by atoms with van der Waals surface area (Å²) in [6.45, 7) is 2.41. The van der Waals surface area contributed by atoms with E-state index in [2.05, 4.69) is 31.6 Å². The van der Waals surface area contributed by atoms with Gasteiger partial charge in [0, 0.05) is 44.5 Å². The van der Waals surface area contributed by atoms with Gasteiger partial charge >= 0.3 is 0 Å². The summed E-state index contributed by atoms with van der Waals surface area (Å²) < 4.78 is 19.8. The number of nitrogens with zero attached hydrogens (tertiary/aromatic N) is 3. The van der Waals surface area contributed by atoms with Gasteiger partial charge in [0.1, 0.15) is 11.6 Å². The summed E-state index contributed by atoms with van der Waals surface area (Å²) in [5, 5.41) is 6.87. The Labute approximate surface area is 211 Å². The molecular weight excluding hydrogens is 532 g/mol. The van der Waals surface area contributed by atoms with Gasteiger partial charge in [-0.2, -0.15) is 0 Å². The van der Waals surface area contributed by atoms with Crippen molar-refractivity contribution in [1.82, 2.24) is 15.6 Å². The molecular formula is C25H29FIN5O. The number of anilines is 1. The highest BCUT2D eigenvalue weighted by Gasteiger charge is 2.21. The first-order chi connectivity index (χ1) is 15.7. The summed E-state index contributed by atoms with van der Waals surface area (Å²) in [6.07, 6.45) is 3.84. The molecule has 1 aromatic heterocycles. The van der Waals surface area contributed by atoms with Crippen LogP contribution in [0.5, 0.6) is 11.5 Å². The molecule has 1 aliphatic heterocycles. The van der Waals surface area contributed by atoms with Crippen molar-refractivity contribution in [3.63, 3.8) is 0 Å². The average molecular weight is 561 g/mol. The molecule has 0 saturated carbocycles. The normalized spacial score (nSPS) is 14.4. The van der Waals surface area contributed by atoms with Crippen molar-refractivity contribution in [3.8, 4) is 11.5 Å². The number of benzene rings is 2. The Bertz CT molecular complexity index is 1040. The number of para-hydroxylation sites is 2. The Morgan fingerprint density at radius 3 is 2.42 bits per heavy atom. The molecule has 4 rings (SSSR count). The molecule has 2 N–H and O–H groups in total. The number of hydrogen-bond donors (Lipinski definition) is 2. The lowest BCUT2D eigenvalue weighted by atomic mass is 10.1. The van der Waals surface area contributed by atoms with E-state index in [9.17, 15) is 4.39 Å². The van der Waals surface area contributed by atoms with Crippen LogP contribution in [0.15, 0.2) is 77.9 Å². The van der Waals surface area contributed by atoms with Gasteiger partial charge in [-0.05, 0) is 43.2 Å². The topological polar surface area (TPSA) is 61.8 Å². The van der Waals surface area contributed by atoms with Gasteiger partial charge in [-0.3, -0.25) is 4.99 Å². The number of aromatic nitrogens is 1. The average Bonchev–Trinajstić information content (AvgIpc) is 2.85. The molecule has 0 atom stereocenters. The highest BCUT2D eigenvalue weighted by molar-refractivity contribution is 14.0. The number of ether oxygens (including phenoxy) is 1. The van der Waals surface area contributed by atoms with E-state index < -0.39 is 0 Å². The maximum absolute atomic E-state index is 14.0. The summed E-state index contributed by atoms with van der Waals surface area (Å²) in [4.78, 5) is 11.1. The van der Waals surface area contributed by atoms with E-state index in [1.54, 1.807) is 25.2 Å². The summed E-state index contributed by atoms with van der Waals surface area (Å²) >= 11 is 0. The molecule has 1 saturated heterocycles. The second-order valence-corrected chi connectivity index (χ2v) is 7.66. The molecule has 3 aromatic rings. The van der Waals surface area contributed by atoms with Crippen LogP contribution in [0.4, 0.5) is 10.2 Å². The number of aliphatic imine (C=N–C) groups is 1. The zero-order valence-corrected chi connectivity index (χ0v) is 20.9. The second kappa shape index (κ2) is 12.4. The molecule has 1 aliphatic rings. The third kappa shape index (κ3) is 6.80. The zero-order valence-electron chi connectivity index (χ0n) is 18.6. The quantitative estimate of drug-likeness (QED) is 0.253. The first-order valence-electron chi connectivity index (χ1n) is 10.9. The van der Waals surface area contributed by atoms with Crippen molar-refractivity contribution in [2.75, 3.05) is 25.0 Å². The van der Waals surface area contributed by atoms with Crippen molar-refractivity contribution in [3.05, 3.63) is 84.3 Å². The molecule has 6 nitrogen and oxygen atoms in total. The molecule has 0 amide bonds. The maximum Gasteiger partial charge on any atom is 0.191 e. The van der Waals surface area contributed by atoms with Crippen LogP contribution >= 0.6 is 24.0 Å². The Hall–Kier alpha value is -2.88. The number of guanidine groups is 1. The van der Waals surface area contributed by atoms with Crippen molar-refractivity contribution >= 4 is 35.8 Å². The van der Waals surface area contributed by atoms with Crippen LogP contribution in [0.25, 0.3) is 0 Å². The van der Waals surface area contributed by atoms with Gasteiger partial charge in [0.05, 0.1) is 0 Å². The van der Waals surface area contributed by atoms with Gasteiger partial charge in [-0.15, -0.1) is 24.0 Å². The van der Waals surface area contributed by atoms with Gasteiger partial charge in [0.25, 0.3) is 0 Å². The van der Waals surface area contributed by atoms with Gasteiger partial charge in [-0.25, -0.2) is 9.37 Å². The maximum atomic E-state index is 14.0. The molecule has 0 aliphatic carbocycles. The number of nitrogens with one attached hydrogen (secondary N) is 2. The highest BCUT2D eigenvalue weighted by Crippen LogP contribution is 2.27. The van der Waals surface area contributed by atoms with Crippen LogP contribution in [0.1, 0.15) is 18.4 Å². The predicted molar refractivity (Wildman–Crippen MR) is 141 cm³/mol. The fourth-order valence-electron chi connectivity index (χ4n) is 3.76. The van der Waals surface area contributed by atoms with Crippen LogP contribution in [-0.2, 0) is 6.54 Å². The Morgan fingerprint density at radius 1 is 1.03 bits per heavy atom. The van der Waals surface area contributed by atoms with E-state index in [1.165, 1.54) is 6.07 Å². The summed E-state index contributed by atoms with van der Waals surface area (Å²) in [5.74, 6) is 2.21. The minimum Gasteiger partial charge on any atom is -0.454 e. The summed E-state index contributed by atoms with van der Waals surface area (Å²) in [7, 11) is 1.76. The van der Waals surface area contributed by atoms with E-state index in [0.29, 0.717) is 18.3 Å². The highest BCUT2D eigenvalue weighted by atomic mass is 127. The largest absolute Gasteiger partial charge is 0.454 e. The fourth-order valence-corrected chi connectivity index (χ4v) is 3.76. The standard InChI is InChI=1S/C25H28FN5O.HI/c1-27-25(30-20-13-16-31(17-14-20)24-12-6-7-15-28-24)29-18-19-8-2-4-10-22(19)32-23-11-5-3-9-21(23)26;/h2-12,15,20H,13-14,16-18H2,1H3,(H2,27,29,30);1H. The van der Waals surface area contributed by atoms with Crippen LogP contribution in [-0.4, -0.2) is 37.1 Å². The van der Waals surface area contributed by atoms with E-state index in [4.69, 9.17) is 4.74 Å². The van der Waals surface area contributed by atoms with Crippen molar-refractivity contribution in [1.29, 1.82) is 0 Å². The minimum absolute atomic E-state index is 0. The third-order valence-electron chi connectivity index (χ3n) is 5.51. The lowest BCUT2D eigenvalue weighted by Crippen LogP contribution is -2.48. The molecule has 8 heteroatoms. The lowest BCUT2D eigenvalue weighted by molar-refractivity contribution is 0.436. The van der Waals surface area contributed by atoms with E-state index >= 15 is 0 Å². The Morgan fingerprint density at radius 2 is 1.73 bits per heavy atom. The number of pyridine rings is 1. The van der Waals surface area contributed by atoms with Gasteiger partial charge in [0.2, 0.25) is 0 Å². The molecule has 0 unspecified atom stereocenters. The molecule has 2 heterocycles. The molecule has 0 spiro atoms. The van der Waals surface area contributed by atoms with Crippen molar-refractivity contribution in [2.24, 2.45) is 4.99 Å². The monoisotopic (exact) mass is 561 g/mol. The van der Waals surface area contributed by atoms with Crippen molar-refractivity contribution in [2.45, 2.75) is 25.4 Å². The molecule has 33 heavy (non-hydrogen) atoms. The van der Waals surface area contributed by atoms with E-state index in [1.807, 2.05) is 42.6 Å². The van der Waals surface area contributed by atoms with Gasteiger partial charge in [0.15, 0.2) is 17.5 Å². The number of rotatable bonds is 6. The third-order valence-corrected chi connectivity index (χ3v) is 5.51. The summed E-state index contributed by atoms with van der Waals surface area (Å²) in [6, 6.07) is 20.4. The zero-order chi connectivity index (χ0) is 22.2. The first-order valence-corrected chi connectivity index (χ1v) is 10.9. The minimum atomic E-state index is -0.384. The Kier molecular flexibility index (Phi) is 9.29. The summed E-state index contributed by atoms with van der Waals surface area (Å²) in [5.41, 5.74) is 0.920. The number of hydrogen-bond acceptors (Lipinski definition) is 4. The first kappa shape index (κ1) is 24.8. The van der Waals surface area contributed by atoms with Crippen LogP contribution in [0.2, 0.25) is 0 Å². The smallest absolute Gasteiger partial charge is 0.191 e. The number of piperidine rings is 1. The van der Waals surface area contributed by atoms with E-state index in [0.717, 1.165) is 43.3 Å².